The Labute approximate surface area is 189 Å². The zero-order valence-electron chi connectivity index (χ0n) is 19.3. The average molecular weight is 449 g/mol. The summed E-state index contributed by atoms with van der Waals surface area (Å²) in [7, 11) is 0. The summed E-state index contributed by atoms with van der Waals surface area (Å²) in [6, 6.07) is 5.34. The van der Waals surface area contributed by atoms with E-state index < -0.39 is 23.6 Å². The SMILES string of the molecule is C[C@@H](NC(=O)OC(C)(C)C)C(=O)N1CCCN(CCCOc2ccc(C#N)c(F)c2)CC1. The number of nitriles is 1. The molecule has 1 heterocycles. The van der Waals surface area contributed by atoms with Crippen LogP contribution in [0.25, 0.3) is 0 Å². The van der Waals surface area contributed by atoms with E-state index in [4.69, 9.17) is 14.7 Å². The minimum Gasteiger partial charge on any atom is -0.493 e. The summed E-state index contributed by atoms with van der Waals surface area (Å²) < 4.78 is 24.4. The van der Waals surface area contributed by atoms with Crippen LogP contribution >= 0.6 is 0 Å². The predicted octanol–water partition coefficient (Wildman–Crippen LogP) is 2.91. The summed E-state index contributed by atoms with van der Waals surface area (Å²) in [4.78, 5) is 28.7. The Morgan fingerprint density at radius 1 is 1.25 bits per heavy atom. The van der Waals surface area contributed by atoms with E-state index in [0.29, 0.717) is 25.4 Å². The van der Waals surface area contributed by atoms with Crippen LogP contribution in [0.3, 0.4) is 0 Å². The fraction of sp³-hybridized carbons (Fsp3) is 0.609. The van der Waals surface area contributed by atoms with Gasteiger partial charge in [0.05, 0.1) is 12.2 Å². The van der Waals surface area contributed by atoms with Crippen LogP contribution in [-0.2, 0) is 9.53 Å². The Balaban J connectivity index is 1.72. The van der Waals surface area contributed by atoms with Crippen molar-refractivity contribution in [3.63, 3.8) is 0 Å². The van der Waals surface area contributed by atoms with Crippen LogP contribution in [0.15, 0.2) is 18.2 Å². The van der Waals surface area contributed by atoms with E-state index >= 15 is 0 Å². The van der Waals surface area contributed by atoms with Gasteiger partial charge < -0.3 is 24.6 Å². The van der Waals surface area contributed by atoms with Crippen LogP contribution < -0.4 is 10.1 Å². The third-order valence-corrected chi connectivity index (χ3v) is 4.95. The highest BCUT2D eigenvalue weighted by Crippen LogP contribution is 2.16. The van der Waals surface area contributed by atoms with Crippen molar-refractivity contribution in [1.82, 2.24) is 15.1 Å². The van der Waals surface area contributed by atoms with Gasteiger partial charge in [0.2, 0.25) is 5.91 Å². The molecular formula is C23H33FN4O4. The quantitative estimate of drug-likeness (QED) is 0.645. The van der Waals surface area contributed by atoms with Crippen molar-refractivity contribution in [3.05, 3.63) is 29.6 Å². The molecule has 0 spiro atoms. The van der Waals surface area contributed by atoms with Crippen molar-refractivity contribution < 1.29 is 23.5 Å². The van der Waals surface area contributed by atoms with Crippen LogP contribution in [0, 0.1) is 17.1 Å². The summed E-state index contributed by atoms with van der Waals surface area (Å²) in [6.07, 6.45) is 0.996. The van der Waals surface area contributed by atoms with Gasteiger partial charge in [-0.3, -0.25) is 4.79 Å². The van der Waals surface area contributed by atoms with Gasteiger partial charge in [-0.2, -0.15) is 5.26 Å². The van der Waals surface area contributed by atoms with Crippen molar-refractivity contribution in [2.75, 3.05) is 39.3 Å². The van der Waals surface area contributed by atoms with Gasteiger partial charge in [-0.15, -0.1) is 0 Å². The Morgan fingerprint density at radius 2 is 2.00 bits per heavy atom. The Bertz CT molecular complexity index is 834. The van der Waals surface area contributed by atoms with Gasteiger partial charge in [-0.25, -0.2) is 9.18 Å². The summed E-state index contributed by atoms with van der Waals surface area (Å²) >= 11 is 0. The molecule has 0 aromatic heterocycles. The minimum absolute atomic E-state index is 0.00312. The number of carbonyl (C=O) groups is 2. The molecule has 0 unspecified atom stereocenters. The van der Waals surface area contributed by atoms with Crippen LogP contribution in [-0.4, -0.2) is 72.8 Å². The molecule has 1 fully saturated rings. The lowest BCUT2D eigenvalue weighted by Gasteiger charge is -2.26. The fourth-order valence-corrected chi connectivity index (χ4v) is 3.39. The van der Waals surface area contributed by atoms with Gasteiger partial charge >= 0.3 is 6.09 Å². The van der Waals surface area contributed by atoms with Crippen LogP contribution in [0.2, 0.25) is 0 Å². The van der Waals surface area contributed by atoms with Crippen molar-refractivity contribution in [2.45, 2.75) is 52.2 Å². The zero-order chi connectivity index (χ0) is 23.7. The maximum atomic E-state index is 13.6. The van der Waals surface area contributed by atoms with Gasteiger partial charge in [0, 0.05) is 32.2 Å². The van der Waals surface area contributed by atoms with Crippen molar-refractivity contribution in [2.24, 2.45) is 0 Å². The van der Waals surface area contributed by atoms with E-state index in [1.807, 2.05) is 0 Å². The number of ether oxygens (including phenoxy) is 2. The van der Waals surface area contributed by atoms with Crippen molar-refractivity contribution >= 4 is 12.0 Å². The smallest absolute Gasteiger partial charge is 0.408 e. The highest BCUT2D eigenvalue weighted by molar-refractivity contribution is 5.85. The van der Waals surface area contributed by atoms with Gasteiger partial charge in [-0.05, 0) is 59.2 Å². The highest BCUT2D eigenvalue weighted by atomic mass is 19.1. The zero-order valence-corrected chi connectivity index (χ0v) is 19.3. The van der Waals surface area contributed by atoms with E-state index in [-0.39, 0.29) is 11.5 Å². The number of hydrogen-bond acceptors (Lipinski definition) is 6. The average Bonchev–Trinajstić information content (AvgIpc) is 2.95. The van der Waals surface area contributed by atoms with E-state index in [1.54, 1.807) is 44.7 Å². The third-order valence-electron chi connectivity index (χ3n) is 4.95. The maximum Gasteiger partial charge on any atom is 0.408 e. The van der Waals surface area contributed by atoms with Gasteiger partial charge in [0.15, 0.2) is 0 Å². The first kappa shape index (κ1) is 25.4. The largest absolute Gasteiger partial charge is 0.493 e. The molecule has 1 N–H and O–H groups in total. The van der Waals surface area contributed by atoms with E-state index in [0.717, 1.165) is 32.5 Å². The second-order valence-electron chi connectivity index (χ2n) is 8.84. The number of alkyl carbamates (subject to hydrolysis) is 1. The minimum atomic E-state index is -0.655. The molecule has 1 aromatic rings. The fourth-order valence-electron chi connectivity index (χ4n) is 3.39. The summed E-state index contributed by atoms with van der Waals surface area (Å²) in [5.41, 5.74) is -0.620. The number of amides is 2. The normalized spacial score (nSPS) is 15.9. The van der Waals surface area contributed by atoms with Crippen LogP contribution in [0.5, 0.6) is 5.75 Å². The first-order valence-corrected chi connectivity index (χ1v) is 10.9. The molecule has 2 rings (SSSR count). The molecule has 8 nitrogen and oxygen atoms in total. The molecule has 1 aliphatic heterocycles. The number of nitrogens with one attached hydrogen (secondary N) is 1. The first-order chi connectivity index (χ1) is 15.1. The molecule has 176 valence electrons. The van der Waals surface area contributed by atoms with Gasteiger partial charge in [0.1, 0.15) is 29.3 Å². The molecule has 1 aliphatic rings. The highest BCUT2D eigenvalue weighted by Gasteiger charge is 2.26. The standard InChI is InChI=1S/C23H33FN4O4/c1-17(26-22(30)32-23(2,3)4)21(29)28-11-5-9-27(12-13-28)10-6-14-31-19-8-7-18(16-25)20(24)15-19/h7-8,15,17H,5-6,9-14H2,1-4H3,(H,26,30)/t17-/m1/s1. The van der Waals surface area contributed by atoms with Crippen LogP contribution in [0.1, 0.15) is 46.1 Å². The van der Waals surface area contributed by atoms with Gasteiger partial charge in [-0.1, -0.05) is 0 Å². The number of halogens is 1. The Kier molecular flexibility index (Phi) is 9.27. The number of rotatable bonds is 7. The van der Waals surface area contributed by atoms with E-state index in [1.165, 1.54) is 12.1 Å². The molecule has 0 radical (unpaired) electrons. The molecule has 1 atom stereocenters. The molecule has 0 bridgehead atoms. The first-order valence-electron chi connectivity index (χ1n) is 10.9. The summed E-state index contributed by atoms with van der Waals surface area (Å²) in [6.45, 7) is 11.0. The molecule has 32 heavy (non-hydrogen) atoms. The molecule has 1 saturated heterocycles. The second-order valence-corrected chi connectivity index (χ2v) is 8.84. The molecule has 0 saturated carbocycles. The maximum absolute atomic E-state index is 13.6. The Hall–Kier alpha value is -2.86. The molecular weight excluding hydrogens is 415 g/mol. The van der Waals surface area contributed by atoms with E-state index in [9.17, 15) is 14.0 Å². The van der Waals surface area contributed by atoms with Crippen LogP contribution in [0.4, 0.5) is 9.18 Å². The summed E-state index contributed by atoms with van der Waals surface area (Å²) in [5, 5.41) is 11.4. The molecule has 2 amide bonds. The molecule has 0 aliphatic carbocycles. The number of nitrogens with zero attached hydrogens (tertiary/aromatic N) is 3. The lowest BCUT2D eigenvalue weighted by molar-refractivity contribution is -0.132. The monoisotopic (exact) mass is 448 g/mol. The second kappa shape index (κ2) is 11.7. The van der Waals surface area contributed by atoms with Gasteiger partial charge in [0.25, 0.3) is 0 Å². The third kappa shape index (κ3) is 8.35. The number of carbonyl (C=O) groups excluding carboxylic acids is 2. The number of benzene rings is 1. The number of hydrogen-bond donors (Lipinski definition) is 1. The predicted molar refractivity (Wildman–Crippen MR) is 118 cm³/mol. The molecule has 9 heteroatoms. The topological polar surface area (TPSA) is 94.9 Å². The molecule has 1 aromatic carbocycles. The summed E-state index contributed by atoms with van der Waals surface area (Å²) in [5.74, 6) is -0.304. The lowest BCUT2D eigenvalue weighted by Crippen LogP contribution is -2.49. The van der Waals surface area contributed by atoms with E-state index in [2.05, 4.69) is 10.2 Å². The Morgan fingerprint density at radius 3 is 2.66 bits per heavy atom. The van der Waals surface area contributed by atoms with Crippen molar-refractivity contribution in [1.29, 1.82) is 5.26 Å². The van der Waals surface area contributed by atoms with Crippen molar-refractivity contribution in [3.8, 4) is 11.8 Å². The lowest BCUT2D eigenvalue weighted by atomic mass is 10.2.